The van der Waals surface area contributed by atoms with Gasteiger partial charge in [0.05, 0.1) is 27.2 Å². The van der Waals surface area contributed by atoms with E-state index in [-0.39, 0.29) is 22.9 Å². The lowest BCUT2D eigenvalue weighted by molar-refractivity contribution is -0.159. The third-order valence-corrected chi connectivity index (χ3v) is 6.34. The molecule has 0 bridgehead atoms. The molecule has 2 heterocycles. The summed E-state index contributed by atoms with van der Waals surface area (Å²) in [5.74, 6) is -1.69. The Hall–Kier alpha value is -3.02. The van der Waals surface area contributed by atoms with Crippen molar-refractivity contribution in [1.82, 2.24) is 19.9 Å². The van der Waals surface area contributed by atoms with Crippen LogP contribution in [-0.2, 0) is 15.9 Å². The van der Waals surface area contributed by atoms with Crippen LogP contribution in [0.1, 0.15) is 30.1 Å². The minimum atomic E-state index is -4.72. The maximum absolute atomic E-state index is 12.6. The largest absolute Gasteiger partial charge is 0.471 e. The Morgan fingerprint density at radius 3 is 2.41 bits per heavy atom. The molecule has 0 N–H and O–H groups in total. The fourth-order valence-corrected chi connectivity index (χ4v) is 3.40. The van der Waals surface area contributed by atoms with Crippen molar-refractivity contribution in [1.29, 1.82) is 0 Å². The zero-order valence-electron chi connectivity index (χ0n) is 15.4. The molecular formula is C17H16F3N5O3S. The van der Waals surface area contributed by atoms with Gasteiger partial charge in [0.1, 0.15) is 0 Å². The first-order valence-electron chi connectivity index (χ1n) is 8.48. The van der Waals surface area contributed by atoms with Gasteiger partial charge in [-0.05, 0) is 24.3 Å². The molecule has 154 valence electrons. The molecular weight excluding hydrogens is 411 g/mol. The summed E-state index contributed by atoms with van der Waals surface area (Å²) in [6.07, 6.45) is -1.98. The van der Waals surface area contributed by atoms with Crippen LogP contribution in [0.25, 0.3) is 17.1 Å². The quantitative estimate of drug-likeness (QED) is 0.617. The van der Waals surface area contributed by atoms with Crippen LogP contribution >= 0.6 is 0 Å². The summed E-state index contributed by atoms with van der Waals surface area (Å²) in [7, 11) is -2.58. The molecule has 29 heavy (non-hydrogen) atoms. The highest BCUT2D eigenvalue weighted by molar-refractivity contribution is 7.93. The van der Waals surface area contributed by atoms with E-state index in [9.17, 15) is 22.2 Å². The zero-order chi connectivity index (χ0) is 21.2. The molecule has 0 aliphatic rings. The summed E-state index contributed by atoms with van der Waals surface area (Å²) >= 11 is 0. The van der Waals surface area contributed by atoms with Gasteiger partial charge in [0, 0.05) is 23.3 Å². The maximum Gasteiger partial charge on any atom is 0.471 e. The molecule has 0 radical (unpaired) electrons. The SMILES string of the molecule is CCS(=O)(CC)=NC(=O)c1cnn(-c2ccc(-c3noc(C(F)(F)F)n3)cc2)c1. The van der Waals surface area contributed by atoms with Crippen molar-refractivity contribution in [3.63, 3.8) is 0 Å². The van der Waals surface area contributed by atoms with Crippen molar-refractivity contribution < 1.29 is 26.7 Å². The summed E-state index contributed by atoms with van der Waals surface area (Å²) in [4.78, 5) is 15.5. The Morgan fingerprint density at radius 1 is 1.21 bits per heavy atom. The second-order valence-corrected chi connectivity index (χ2v) is 8.77. The number of hydrogen-bond acceptors (Lipinski definition) is 6. The number of alkyl halides is 3. The molecule has 3 aromatic rings. The molecule has 1 amide bonds. The van der Waals surface area contributed by atoms with E-state index < -0.39 is 27.7 Å². The molecule has 0 aliphatic carbocycles. The monoisotopic (exact) mass is 427 g/mol. The van der Waals surface area contributed by atoms with E-state index in [1.807, 2.05) is 0 Å². The topological polar surface area (TPSA) is 103 Å². The lowest BCUT2D eigenvalue weighted by Gasteiger charge is -2.02. The number of carbonyl (C=O) groups is 1. The Morgan fingerprint density at radius 2 is 1.86 bits per heavy atom. The van der Waals surface area contributed by atoms with Gasteiger partial charge in [0.2, 0.25) is 5.82 Å². The molecule has 1 aromatic carbocycles. The molecule has 0 fully saturated rings. The molecule has 0 saturated heterocycles. The summed E-state index contributed by atoms with van der Waals surface area (Å²) in [6, 6.07) is 6.13. The summed E-state index contributed by atoms with van der Waals surface area (Å²) in [6.45, 7) is 3.41. The van der Waals surface area contributed by atoms with Gasteiger partial charge >= 0.3 is 12.1 Å². The summed E-state index contributed by atoms with van der Waals surface area (Å²) < 4.78 is 59.4. The summed E-state index contributed by atoms with van der Waals surface area (Å²) in [5.41, 5.74) is 1.04. The van der Waals surface area contributed by atoms with Crippen molar-refractivity contribution in [2.75, 3.05) is 11.5 Å². The molecule has 0 aliphatic heterocycles. The van der Waals surface area contributed by atoms with Crippen LogP contribution in [0.4, 0.5) is 13.2 Å². The number of nitrogens with zero attached hydrogens (tertiary/aromatic N) is 5. The van der Waals surface area contributed by atoms with Crippen LogP contribution < -0.4 is 0 Å². The Bertz CT molecular complexity index is 1130. The van der Waals surface area contributed by atoms with Gasteiger partial charge in [0.15, 0.2) is 0 Å². The highest BCUT2D eigenvalue weighted by Crippen LogP contribution is 2.29. The zero-order valence-corrected chi connectivity index (χ0v) is 16.2. The van der Waals surface area contributed by atoms with E-state index in [2.05, 4.69) is 24.1 Å². The Labute approximate surface area is 163 Å². The standard InChI is InChI=1S/C17H16F3N5O3S/c1-3-29(27,4-2)24-15(26)12-9-21-25(10-12)13-7-5-11(6-8-13)14-22-16(28-23-14)17(18,19)20/h5-10H,3-4H2,1-2H3. The van der Waals surface area contributed by atoms with Crippen molar-refractivity contribution in [3.05, 3.63) is 48.1 Å². The fourth-order valence-electron chi connectivity index (χ4n) is 2.33. The number of halogens is 3. The van der Waals surface area contributed by atoms with E-state index in [4.69, 9.17) is 0 Å². The first-order valence-corrected chi connectivity index (χ1v) is 10.3. The molecule has 0 unspecified atom stereocenters. The molecule has 0 spiro atoms. The van der Waals surface area contributed by atoms with E-state index in [1.165, 1.54) is 29.2 Å². The average molecular weight is 427 g/mol. The third kappa shape index (κ3) is 4.53. The van der Waals surface area contributed by atoms with E-state index in [0.717, 1.165) is 0 Å². The molecule has 2 aromatic heterocycles. The average Bonchev–Trinajstić information content (AvgIpc) is 3.37. The predicted molar refractivity (Wildman–Crippen MR) is 97.8 cm³/mol. The van der Waals surface area contributed by atoms with E-state index >= 15 is 0 Å². The number of amides is 1. The van der Waals surface area contributed by atoms with Gasteiger partial charge in [-0.2, -0.15) is 27.6 Å². The van der Waals surface area contributed by atoms with Gasteiger partial charge < -0.3 is 4.52 Å². The van der Waals surface area contributed by atoms with Gasteiger partial charge in [-0.3, -0.25) is 4.79 Å². The molecule has 0 atom stereocenters. The summed E-state index contributed by atoms with van der Waals surface area (Å²) in [5, 5.41) is 7.39. The number of aromatic nitrogens is 4. The molecule has 8 nitrogen and oxygen atoms in total. The minimum Gasteiger partial charge on any atom is -0.329 e. The highest BCUT2D eigenvalue weighted by Gasteiger charge is 2.38. The first-order chi connectivity index (χ1) is 13.6. The lowest BCUT2D eigenvalue weighted by atomic mass is 10.2. The van der Waals surface area contributed by atoms with Gasteiger partial charge in [-0.25, -0.2) is 8.89 Å². The minimum absolute atomic E-state index is 0.177. The highest BCUT2D eigenvalue weighted by atomic mass is 32.2. The second kappa shape index (κ2) is 7.78. The Kier molecular flexibility index (Phi) is 5.55. The lowest BCUT2D eigenvalue weighted by Crippen LogP contribution is -2.09. The van der Waals surface area contributed by atoms with Crippen LogP contribution in [-0.4, -0.2) is 41.5 Å². The van der Waals surface area contributed by atoms with Crippen LogP contribution in [0.5, 0.6) is 0 Å². The van der Waals surface area contributed by atoms with Gasteiger partial charge in [-0.1, -0.05) is 19.0 Å². The van der Waals surface area contributed by atoms with Crippen LogP contribution in [0.2, 0.25) is 0 Å². The normalized spacial score (nSPS) is 12.2. The smallest absolute Gasteiger partial charge is 0.329 e. The van der Waals surface area contributed by atoms with Crippen LogP contribution in [0.3, 0.4) is 0 Å². The third-order valence-electron chi connectivity index (χ3n) is 4.04. The number of carbonyl (C=O) groups excluding carboxylic acids is 1. The second-order valence-electron chi connectivity index (χ2n) is 5.89. The molecule has 3 rings (SSSR count). The number of hydrogen-bond donors (Lipinski definition) is 0. The van der Waals surface area contributed by atoms with Crippen molar-refractivity contribution in [2.45, 2.75) is 20.0 Å². The van der Waals surface area contributed by atoms with Crippen molar-refractivity contribution in [3.8, 4) is 17.1 Å². The Balaban J connectivity index is 1.82. The maximum atomic E-state index is 12.6. The fraction of sp³-hybridized carbons (Fsp3) is 0.294. The van der Waals surface area contributed by atoms with Gasteiger partial charge in [0.25, 0.3) is 5.91 Å². The van der Waals surface area contributed by atoms with Crippen molar-refractivity contribution >= 4 is 15.6 Å². The van der Waals surface area contributed by atoms with Crippen molar-refractivity contribution in [2.24, 2.45) is 4.36 Å². The predicted octanol–water partition coefficient (Wildman–Crippen LogP) is 3.59. The van der Waals surface area contributed by atoms with Gasteiger partial charge in [-0.15, -0.1) is 0 Å². The van der Waals surface area contributed by atoms with Crippen LogP contribution in [0.15, 0.2) is 45.5 Å². The van der Waals surface area contributed by atoms with E-state index in [0.29, 0.717) is 11.3 Å². The van der Waals surface area contributed by atoms with Crippen LogP contribution in [0, 0.1) is 0 Å². The number of rotatable bonds is 5. The number of benzene rings is 1. The molecule has 0 saturated carbocycles. The van der Waals surface area contributed by atoms with E-state index in [1.54, 1.807) is 26.0 Å². The molecule has 12 heteroatoms. The first kappa shape index (κ1) is 20.7.